The van der Waals surface area contributed by atoms with Crippen LogP contribution in [0.5, 0.6) is 0 Å². The van der Waals surface area contributed by atoms with Gasteiger partial charge in [-0.25, -0.2) is 0 Å². The number of nitrogens with zero attached hydrogens (tertiary/aromatic N) is 1. The van der Waals surface area contributed by atoms with Gasteiger partial charge in [0.05, 0.1) is 6.61 Å². The molecule has 3 atom stereocenters. The van der Waals surface area contributed by atoms with E-state index in [1.54, 1.807) is 49.7 Å². The standard InChI is InChI=1S/C21H26N4O4/c1-29-11-9-23-20(27)15-12-17(22)18(13-15)24-21(28)14-5-7-16(8-6-14)25-10-3-2-4-19(25)26/h2-8,10,15,17-18H,9,11-13,22H2,1H3,(H,23,27)(H,24,28). The van der Waals surface area contributed by atoms with Crippen LogP contribution < -0.4 is 21.9 Å². The highest BCUT2D eigenvalue weighted by molar-refractivity contribution is 5.94. The van der Waals surface area contributed by atoms with Crippen LogP contribution in [-0.2, 0) is 9.53 Å². The number of aromatic nitrogens is 1. The lowest BCUT2D eigenvalue weighted by Gasteiger charge is -2.17. The Bertz CT molecular complexity index is 909. The van der Waals surface area contributed by atoms with Crippen LogP contribution in [0.4, 0.5) is 0 Å². The van der Waals surface area contributed by atoms with Gasteiger partial charge >= 0.3 is 0 Å². The number of amides is 2. The molecule has 4 N–H and O–H groups in total. The van der Waals surface area contributed by atoms with Crippen LogP contribution >= 0.6 is 0 Å². The van der Waals surface area contributed by atoms with E-state index in [0.717, 1.165) is 0 Å². The van der Waals surface area contributed by atoms with Crippen molar-refractivity contribution in [3.05, 3.63) is 64.6 Å². The summed E-state index contributed by atoms with van der Waals surface area (Å²) in [5.41, 5.74) is 7.15. The summed E-state index contributed by atoms with van der Waals surface area (Å²) in [7, 11) is 1.58. The van der Waals surface area contributed by atoms with Crippen LogP contribution in [-0.4, -0.2) is 48.7 Å². The maximum absolute atomic E-state index is 12.6. The lowest BCUT2D eigenvalue weighted by atomic mass is 10.1. The lowest BCUT2D eigenvalue weighted by molar-refractivity contribution is -0.125. The minimum absolute atomic E-state index is 0.0631. The second-order valence-corrected chi connectivity index (χ2v) is 7.15. The van der Waals surface area contributed by atoms with Crippen molar-refractivity contribution in [2.24, 2.45) is 11.7 Å². The Balaban J connectivity index is 1.59. The number of nitrogens with one attached hydrogen (secondary N) is 2. The van der Waals surface area contributed by atoms with Crippen molar-refractivity contribution in [3.63, 3.8) is 0 Å². The Labute approximate surface area is 169 Å². The molecule has 0 aliphatic heterocycles. The minimum Gasteiger partial charge on any atom is -0.383 e. The predicted octanol–water partition coefficient (Wildman–Crippen LogP) is 0.436. The smallest absolute Gasteiger partial charge is 0.255 e. The summed E-state index contributed by atoms with van der Waals surface area (Å²) in [6, 6.07) is 11.1. The van der Waals surface area contributed by atoms with Gasteiger partial charge in [-0.3, -0.25) is 19.0 Å². The number of carbonyl (C=O) groups is 2. The number of hydrogen-bond acceptors (Lipinski definition) is 5. The summed E-state index contributed by atoms with van der Waals surface area (Å²) >= 11 is 0. The maximum Gasteiger partial charge on any atom is 0.255 e. The SMILES string of the molecule is COCCNC(=O)C1CC(N)C(NC(=O)c2ccc(-n3ccccc3=O)cc2)C1. The third-order valence-electron chi connectivity index (χ3n) is 5.13. The Morgan fingerprint density at radius 3 is 2.62 bits per heavy atom. The van der Waals surface area contributed by atoms with E-state index in [1.807, 2.05) is 0 Å². The molecular weight excluding hydrogens is 372 g/mol. The molecule has 0 bridgehead atoms. The Hall–Kier alpha value is -2.97. The normalized spacial score (nSPS) is 21.0. The summed E-state index contributed by atoms with van der Waals surface area (Å²) in [4.78, 5) is 36.7. The van der Waals surface area contributed by atoms with Gasteiger partial charge < -0.3 is 21.1 Å². The second kappa shape index (κ2) is 9.49. The van der Waals surface area contributed by atoms with E-state index >= 15 is 0 Å². The van der Waals surface area contributed by atoms with E-state index in [9.17, 15) is 14.4 Å². The molecule has 154 valence electrons. The van der Waals surface area contributed by atoms with E-state index in [4.69, 9.17) is 10.5 Å². The molecule has 29 heavy (non-hydrogen) atoms. The van der Waals surface area contributed by atoms with E-state index in [1.165, 1.54) is 10.6 Å². The van der Waals surface area contributed by atoms with Gasteiger partial charge in [0.15, 0.2) is 0 Å². The van der Waals surface area contributed by atoms with Crippen molar-refractivity contribution >= 4 is 11.8 Å². The van der Waals surface area contributed by atoms with E-state index in [0.29, 0.717) is 37.2 Å². The first-order chi connectivity index (χ1) is 14.0. The number of benzene rings is 1. The molecule has 1 aliphatic carbocycles. The zero-order valence-corrected chi connectivity index (χ0v) is 16.3. The lowest BCUT2D eigenvalue weighted by Crippen LogP contribution is -2.44. The quantitative estimate of drug-likeness (QED) is 0.585. The highest BCUT2D eigenvalue weighted by Gasteiger charge is 2.36. The Morgan fingerprint density at radius 1 is 1.17 bits per heavy atom. The molecule has 3 unspecified atom stereocenters. The van der Waals surface area contributed by atoms with Gasteiger partial charge in [-0.2, -0.15) is 0 Å². The zero-order valence-electron chi connectivity index (χ0n) is 16.3. The molecule has 0 radical (unpaired) electrons. The van der Waals surface area contributed by atoms with Crippen molar-refractivity contribution < 1.29 is 14.3 Å². The maximum atomic E-state index is 12.6. The van der Waals surface area contributed by atoms with Crippen molar-refractivity contribution in [1.29, 1.82) is 0 Å². The number of ether oxygens (including phenoxy) is 1. The average molecular weight is 398 g/mol. The van der Waals surface area contributed by atoms with Gasteiger partial charge in [0.2, 0.25) is 5.91 Å². The van der Waals surface area contributed by atoms with Crippen molar-refractivity contribution in [2.45, 2.75) is 24.9 Å². The van der Waals surface area contributed by atoms with Gasteiger partial charge in [0, 0.05) is 55.2 Å². The molecular formula is C21H26N4O4. The Morgan fingerprint density at radius 2 is 1.93 bits per heavy atom. The summed E-state index contributed by atoms with van der Waals surface area (Å²) in [6.45, 7) is 0.907. The fraction of sp³-hybridized carbons (Fsp3) is 0.381. The largest absolute Gasteiger partial charge is 0.383 e. The predicted molar refractivity (Wildman–Crippen MR) is 109 cm³/mol. The van der Waals surface area contributed by atoms with Crippen LogP contribution in [0.15, 0.2) is 53.5 Å². The van der Waals surface area contributed by atoms with Gasteiger partial charge in [0.1, 0.15) is 0 Å². The highest BCUT2D eigenvalue weighted by atomic mass is 16.5. The van der Waals surface area contributed by atoms with E-state index < -0.39 is 0 Å². The van der Waals surface area contributed by atoms with Crippen LogP contribution in [0.3, 0.4) is 0 Å². The van der Waals surface area contributed by atoms with E-state index in [2.05, 4.69) is 10.6 Å². The highest BCUT2D eigenvalue weighted by Crippen LogP contribution is 2.25. The molecule has 8 nitrogen and oxygen atoms in total. The molecule has 1 aliphatic rings. The third kappa shape index (κ3) is 5.10. The van der Waals surface area contributed by atoms with Gasteiger partial charge in [-0.15, -0.1) is 0 Å². The van der Waals surface area contributed by atoms with Gasteiger partial charge in [-0.05, 0) is 43.2 Å². The molecule has 1 aromatic carbocycles. The molecule has 0 spiro atoms. The average Bonchev–Trinajstić information content (AvgIpc) is 3.09. The first-order valence-electron chi connectivity index (χ1n) is 9.61. The number of rotatable bonds is 7. The molecule has 1 aromatic heterocycles. The topological polar surface area (TPSA) is 115 Å². The van der Waals surface area contributed by atoms with Crippen LogP contribution in [0.25, 0.3) is 5.69 Å². The molecule has 1 saturated carbocycles. The molecule has 8 heteroatoms. The summed E-state index contributed by atoms with van der Waals surface area (Å²) in [5.74, 6) is -0.538. The second-order valence-electron chi connectivity index (χ2n) is 7.15. The van der Waals surface area contributed by atoms with Crippen LogP contribution in [0.1, 0.15) is 23.2 Å². The summed E-state index contributed by atoms with van der Waals surface area (Å²) < 4.78 is 6.43. The minimum atomic E-state index is -0.278. The fourth-order valence-corrected chi connectivity index (χ4v) is 3.54. The zero-order chi connectivity index (χ0) is 20.8. The molecule has 2 aromatic rings. The summed E-state index contributed by atoms with van der Waals surface area (Å²) in [5, 5.41) is 5.75. The first-order valence-corrected chi connectivity index (χ1v) is 9.61. The van der Waals surface area contributed by atoms with Gasteiger partial charge in [-0.1, -0.05) is 6.07 Å². The van der Waals surface area contributed by atoms with Crippen molar-refractivity contribution in [1.82, 2.24) is 15.2 Å². The third-order valence-corrected chi connectivity index (χ3v) is 5.13. The Kier molecular flexibility index (Phi) is 6.79. The van der Waals surface area contributed by atoms with Crippen LogP contribution in [0.2, 0.25) is 0 Å². The molecule has 1 fully saturated rings. The van der Waals surface area contributed by atoms with E-state index in [-0.39, 0.29) is 35.4 Å². The fourth-order valence-electron chi connectivity index (χ4n) is 3.54. The molecule has 3 rings (SSSR count). The van der Waals surface area contributed by atoms with Crippen LogP contribution in [0, 0.1) is 5.92 Å². The molecule has 0 saturated heterocycles. The number of hydrogen-bond donors (Lipinski definition) is 3. The molecule has 2 amide bonds. The summed E-state index contributed by atoms with van der Waals surface area (Å²) in [6.07, 6.45) is 2.70. The number of carbonyl (C=O) groups excluding carboxylic acids is 2. The first kappa shape index (κ1) is 20.8. The number of pyridine rings is 1. The monoisotopic (exact) mass is 398 g/mol. The number of nitrogens with two attached hydrogens (primary N) is 1. The van der Waals surface area contributed by atoms with Crippen molar-refractivity contribution in [2.75, 3.05) is 20.3 Å². The van der Waals surface area contributed by atoms with Crippen molar-refractivity contribution in [3.8, 4) is 5.69 Å². The number of methoxy groups -OCH3 is 1. The molecule has 1 heterocycles. The van der Waals surface area contributed by atoms with Gasteiger partial charge in [0.25, 0.3) is 11.5 Å².